The highest BCUT2D eigenvalue weighted by Crippen LogP contribution is 2.28. The second-order valence-electron chi connectivity index (χ2n) is 7.07. The minimum Gasteiger partial charge on any atom is -0.312 e. The summed E-state index contributed by atoms with van der Waals surface area (Å²) in [5.41, 5.74) is 2.92. The first-order valence-electron chi connectivity index (χ1n) is 9.61. The van der Waals surface area contributed by atoms with Crippen LogP contribution in [0.2, 0.25) is 0 Å². The van der Waals surface area contributed by atoms with Crippen LogP contribution in [0.15, 0.2) is 58.4 Å². The Morgan fingerprint density at radius 2 is 1.82 bits per heavy atom. The van der Waals surface area contributed by atoms with E-state index in [1.165, 1.54) is 5.56 Å². The first-order chi connectivity index (χ1) is 13.6. The Kier molecular flexibility index (Phi) is 5.17. The van der Waals surface area contributed by atoms with Crippen LogP contribution < -0.4 is 9.62 Å². The Morgan fingerprint density at radius 1 is 1.04 bits per heavy atom. The highest BCUT2D eigenvalue weighted by atomic mass is 32.2. The van der Waals surface area contributed by atoms with Crippen molar-refractivity contribution in [1.82, 2.24) is 4.72 Å². The molecule has 0 bridgehead atoms. The summed E-state index contributed by atoms with van der Waals surface area (Å²) in [6.07, 6.45) is 3.96. The van der Waals surface area contributed by atoms with Gasteiger partial charge in [0.15, 0.2) is 0 Å². The molecular weight excluding hydrogens is 374 g/mol. The van der Waals surface area contributed by atoms with Gasteiger partial charge in [0.25, 0.3) is 10.0 Å². The lowest BCUT2D eigenvalue weighted by atomic mass is 10.1. The predicted octanol–water partition coefficient (Wildman–Crippen LogP) is 2.87. The second kappa shape index (κ2) is 7.75. The maximum absolute atomic E-state index is 12.5. The summed E-state index contributed by atoms with van der Waals surface area (Å²) in [4.78, 5) is 19.1. The van der Waals surface area contributed by atoms with Crippen molar-refractivity contribution in [1.29, 1.82) is 0 Å². The summed E-state index contributed by atoms with van der Waals surface area (Å²) in [6.45, 7) is 1.30. The summed E-state index contributed by atoms with van der Waals surface area (Å²) < 4.78 is 26.6. The molecule has 0 unspecified atom stereocenters. The first kappa shape index (κ1) is 18.7. The molecule has 2 aromatic rings. The van der Waals surface area contributed by atoms with Gasteiger partial charge in [-0.1, -0.05) is 36.8 Å². The summed E-state index contributed by atoms with van der Waals surface area (Å²) in [5, 5.41) is 0. The number of carbonyl (C=O) groups excluding carboxylic acids is 1. The first-order valence-corrected chi connectivity index (χ1v) is 11.1. The molecule has 0 saturated heterocycles. The van der Waals surface area contributed by atoms with Gasteiger partial charge in [-0.3, -0.25) is 14.5 Å². The summed E-state index contributed by atoms with van der Waals surface area (Å²) in [7, 11) is -3.48. The average Bonchev–Trinajstić information content (AvgIpc) is 3.24. The van der Waals surface area contributed by atoms with E-state index in [4.69, 9.17) is 0 Å². The summed E-state index contributed by atoms with van der Waals surface area (Å²) in [5.74, 6) is 0.592. The van der Waals surface area contributed by atoms with Gasteiger partial charge >= 0.3 is 0 Å². The number of fused-ring (bicyclic) bond motifs is 2. The lowest BCUT2D eigenvalue weighted by molar-refractivity contribution is -0.118. The molecule has 1 amide bonds. The predicted molar refractivity (Wildman–Crippen MR) is 109 cm³/mol. The molecule has 4 rings (SSSR count). The fourth-order valence-corrected chi connectivity index (χ4v) is 4.99. The lowest BCUT2D eigenvalue weighted by Gasteiger charge is -2.17. The van der Waals surface area contributed by atoms with Crippen LogP contribution in [0.4, 0.5) is 5.69 Å². The Labute approximate surface area is 165 Å². The highest BCUT2D eigenvalue weighted by Gasteiger charge is 2.29. The third-order valence-electron chi connectivity index (χ3n) is 5.17. The third-order valence-corrected chi connectivity index (χ3v) is 6.57. The SMILES string of the molecule is O=C(CCCCCN=C1NS(=O)(=O)c2ccccc21)N1CCc2ccccc21. The van der Waals surface area contributed by atoms with Gasteiger partial charge in [0.1, 0.15) is 5.84 Å². The molecular formula is C21H23N3O3S. The Morgan fingerprint density at radius 3 is 2.71 bits per heavy atom. The number of aliphatic imine (C=N–C) groups is 1. The Bertz CT molecular complexity index is 1030. The molecule has 2 aromatic carbocycles. The maximum Gasteiger partial charge on any atom is 0.263 e. The smallest absolute Gasteiger partial charge is 0.263 e. The van der Waals surface area contributed by atoms with Gasteiger partial charge in [-0.05, 0) is 43.0 Å². The van der Waals surface area contributed by atoms with E-state index in [9.17, 15) is 13.2 Å². The van der Waals surface area contributed by atoms with Gasteiger partial charge in [-0.2, -0.15) is 0 Å². The van der Waals surface area contributed by atoms with Crippen molar-refractivity contribution in [2.75, 3.05) is 18.0 Å². The number of nitrogens with one attached hydrogen (secondary N) is 1. The van der Waals surface area contributed by atoms with Crippen LogP contribution in [0.25, 0.3) is 0 Å². The zero-order valence-electron chi connectivity index (χ0n) is 15.6. The molecule has 0 saturated carbocycles. The van der Waals surface area contributed by atoms with E-state index in [1.807, 2.05) is 23.1 Å². The van der Waals surface area contributed by atoms with Crippen LogP contribution >= 0.6 is 0 Å². The normalized spacial score (nSPS) is 18.0. The van der Waals surface area contributed by atoms with E-state index in [0.29, 0.717) is 24.4 Å². The number of sulfonamides is 1. The Balaban J connectivity index is 1.24. The molecule has 146 valence electrons. The number of para-hydroxylation sites is 1. The molecule has 0 aliphatic carbocycles. The average molecular weight is 398 g/mol. The van der Waals surface area contributed by atoms with E-state index in [-0.39, 0.29) is 10.8 Å². The number of anilines is 1. The molecule has 0 spiro atoms. The van der Waals surface area contributed by atoms with Gasteiger partial charge in [-0.25, -0.2) is 8.42 Å². The van der Waals surface area contributed by atoms with E-state index in [2.05, 4.69) is 15.8 Å². The van der Waals surface area contributed by atoms with Crippen LogP contribution in [0, 0.1) is 0 Å². The van der Waals surface area contributed by atoms with Crippen molar-refractivity contribution in [3.63, 3.8) is 0 Å². The number of amidine groups is 1. The number of carbonyl (C=O) groups is 1. The van der Waals surface area contributed by atoms with Crippen molar-refractivity contribution in [3.8, 4) is 0 Å². The zero-order chi connectivity index (χ0) is 19.6. The van der Waals surface area contributed by atoms with Gasteiger partial charge < -0.3 is 4.90 Å². The molecule has 0 aromatic heterocycles. The number of nitrogens with zero attached hydrogens (tertiary/aromatic N) is 2. The van der Waals surface area contributed by atoms with Crippen LogP contribution in [-0.4, -0.2) is 33.3 Å². The number of hydrogen-bond acceptors (Lipinski definition) is 4. The van der Waals surface area contributed by atoms with E-state index < -0.39 is 10.0 Å². The number of rotatable bonds is 6. The van der Waals surface area contributed by atoms with E-state index >= 15 is 0 Å². The Hall–Kier alpha value is -2.67. The summed E-state index contributed by atoms with van der Waals surface area (Å²) in [6, 6.07) is 14.9. The van der Waals surface area contributed by atoms with Gasteiger partial charge in [0.2, 0.25) is 5.91 Å². The van der Waals surface area contributed by atoms with Crippen molar-refractivity contribution < 1.29 is 13.2 Å². The molecule has 1 N–H and O–H groups in total. The lowest BCUT2D eigenvalue weighted by Crippen LogP contribution is -2.28. The second-order valence-corrected chi connectivity index (χ2v) is 8.72. The largest absolute Gasteiger partial charge is 0.312 e. The highest BCUT2D eigenvalue weighted by molar-refractivity contribution is 7.90. The maximum atomic E-state index is 12.5. The number of amides is 1. The molecule has 0 atom stereocenters. The van der Waals surface area contributed by atoms with Crippen molar-refractivity contribution in [2.45, 2.75) is 37.0 Å². The van der Waals surface area contributed by atoms with Crippen molar-refractivity contribution >= 4 is 27.5 Å². The standard InChI is InChI=1S/C21H23N3O3S/c25-20(24-15-13-16-8-3-5-10-18(16)24)12-2-1-7-14-22-21-17-9-4-6-11-19(17)28(26,27)23-21/h3-6,8-11H,1-2,7,12-15H2,(H,22,23). The van der Waals surface area contributed by atoms with Gasteiger partial charge in [0.05, 0.1) is 4.90 Å². The molecule has 7 heteroatoms. The van der Waals surface area contributed by atoms with Crippen LogP contribution in [0.1, 0.15) is 36.8 Å². The zero-order valence-corrected chi connectivity index (χ0v) is 16.4. The van der Waals surface area contributed by atoms with Crippen LogP contribution in [0.3, 0.4) is 0 Å². The third kappa shape index (κ3) is 3.67. The fourth-order valence-electron chi connectivity index (χ4n) is 3.74. The number of benzene rings is 2. The minimum absolute atomic E-state index is 0.175. The number of unbranched alkanes of at least 4 members (excludes halogenated alkanes) is 2. The van der Waals surface area contributed by atoms with Crippen molar-refractivity contribution in [2.24, 2.45) is 4.99 Å². The molecule has 2 aliphatic heterocycles. The molecule has 0 radical (unpaired) electrons. The van der Waals surface area contributed by atoms with Crippen LogP contribution in [-0.2, 0) is 21.2 Å². The molecule has 2 aliphatic rings. The topological polar surface area (TPSA) is 78.8 Å². The number of hydrogen-bond donors (Lipinski definition) is 1. The van der Waals surface area contributed by atoms with Crippen molar-refractivity contribution in [3.05, 3.63) is 59.7 Å². The van der Waals surface area contributed by atoms with Crippen LogP contribution in [0.5, 0.6) is 0 Å². The van der Waals surface area contributed by atoms with Gasteiger partial charge in [0, 0.05) is 30.8 Å². The van der Waals surface area contributed by atoms with Gasteiger partial charge in [-0.15, -0.1) is 0 Å². The summed E-state index contributed by atoms with van der Waals surface area (Å²) >= 11 is 0. The molecule has 6 nitrogen and oxygen atoms in total. The minimum atomic E-state index is -3.48. The van der Waals surface area contributed by atoms with E-state index in [1.54, 1.807) is 24.3 Å². The fraction of sp³-hybridized carbons (Fsp3) is 0.333. The quantitative estimate of drug-likeness (QED) is 0.761. The molecule has 0 fully saturated rings. The molecule has 28 heavy (non-hydrogen) atoms. The molecule has 2 heterocycles. The van der Waals surface area contributed by atoms with E-state index in [0.717, 1.165) is 37.9 Å². The monoisotopic (exact) mass is 397 g/mol.